The number of anilines is 2. The van der Waals surface area contributed by atoms with Gasteiger partial charge in [-0.2, -0.15) is 11.1 Å². The monoisotopic (exact) mass is 1550 g/mol. The van der Waals surface area contributed by atoms with E-state index in [0.717, 1.165) is 6.08 Å². The minimum Gasteiger partial charge on any atom is -0.457 e. The number of imidazole rings is 1. The first-order valence-corrected chi connectivity index (χ1v) is 44.1. The van der Waals surface area contributed by atoms with Gasteiger partial charge in [-0.05, 0) is 196 Å². The Bertz CT molecular complexity index is 4300. The van der Waals surface area contributed by atoms with Gasteiger partial charge in [0.15, 0.2) is 74.0 Å². The van der Waals surface area contributed by atoms with Crippen molar-refractivity contribution in [3.05, 3.63) is 175 Å². The highest BCUT2D eigenvalue weighted by atomic mass is 35.6. The van der Waals surface area contributed by atoms with E-state index in [1.165, 1.54) is 37.3 Å². The second-order valence-electron chi connectivity index (χ2n) is 34.8. The molecule has 0 amide bonds. The highest BCUT2D eigenvalue weighted by Gasteiger charge is 2.82. The smallest absolute Gasteiger partial charge is 0.193 e. The number of aromatic nitrogens is 2. The number of H-pyrrole nitrogens is 1. The summed E-state index contributed by atoms with van der Waals surface area (Å²) in [5.41, 5.74) is 0.837. The number of nitrogen functional groups attached to an aromatic ring is 2. The molecule has 8 fully saturated rings. The summed E-state index contributed by atoms with van der Waals surface area (Å²) in [6.45, 7) is 27.0. The molecule has 18 nitrogen and oxygen atoms in total. The molecule has 0 bridgehead atoms. The number of rotatable bonds is 12. The lowest BCUT2D eigenvalue weighted by atomic mass is 9.44. The number of hydrogen-bond donors (Lipinski definition) is 6. The van der Waals surface area contributed by atoms with E-state index in [0.29, 0.717) is 50.5 Å². The average molecular weight is 1550 g/mol. The van der Waals surface area contributed by atoms with Crippen LogP contribution in [0.1, 0.15) is 131 Å². The standard InChI is InChI=1S/C40H49F2NO7Si.C34H35F2NO7.C6H15ClSi.C3H4N2/c1-36(2,3)51(6,7)47-22-33(46)40-34(49-35(50-40)23-8-12-26(13-9-23)48-27-14-10-24(43)11-15-27)20-28-29-19-31(41)30-18-25(44)16-17-37(30,4)39(29,42)32(45)21-38(28,40)5;1-31-12-11-20(39)13-25(31)26(35)14-24-23-15-29-34(28(41)17-38,32(23,2)16-27(40)33(24,31)36)44-30(43-29)18-3-7-21(8-4-18)42-22-9-5-19(37)6-10-22;1-6(2,3)8(4,5)7;1-2-5-3-4-1/h8-18,28-29,31-32,34-35,45H,19-22,43H2,1-7H3;3-13,23-24,26-27,29-30,38,40H,14-17,37H2,1-2H3;1-5H3;1-3H,(H,4,5)/t28-,29-,31-,32-,34+,35+,37-,38-,39-,40+;23-,24-,26-,27-,29+,30+,31-,32-,33-,34+;;/m00../s1. The van der Waals surface area contributed by atoms with E-state index < -0.39 is 157 Å². The summed E-state index contributed by atoms with van der Waals surface area (Å²) in [6, 6.07) is 28.2. The van der Waals surface area contributed by atoms with Crippen molar-refractivity contribution in [1.29, 1.82) is 0 Å². The second-order valence-corrected chi connectivity index (χ2v) is 46.9. The number of allylic oxidation sites excluding steroid dienone is 8. The van der Waals surface area contributed by atoms with Gasteiger partial charge in [0.2, 0.25) is 0 Å². The predicted molar refractivity (Wildman–Crippen MR) is 408 cm³/mol. The zero-order chi connectivity index (χ0) is 78.7. The first kappa shape index (κ1) is 80.6. The number of ether oxygens (including phenoxy) is 6. The van der Waals surface area contributed by atoms with Crippen LogP contribution in [0, 0.1) is 45.3 Å². The molecule has 3 heterocycles. The molecule has 8 N–H and O–H groups in total. The number of aromatic amines is 1. The zero-order valence-electron chi connectivity index (χ0n) is 63.8. The molecule has 5 aromatic rings. The maximum Gasteiger partial charge on any atom is 0.193 e. The fourth-order valence-electron chi connectivity index (χ4n) is 18.8. The Morgan fingerprint density at radius 2 is 0.972 bits per heavy atom. The molecule has 0 spiro atoms. The number of alkyl halides is 4. The molecule has 8 aliphatic carbocycles. The van der Waals surface area contributed by atoms with Crippen LogP contribution < -0.4 is 20.9 Å². The number of aliphatic hydroxyl groups excluding tert-OH is 3. The van der Waals surface area contributed by atoms with Gasteiger partial charge in [0.05, 0.1) is 37.4 Å². The Morgan fingerprint density at radius 3 is 1.30 bits per heavy atom. The SMILES string of the molecule is CC(C)(C)[Si](C)(C)Cl.CC(C)(C)[Si](C)(C)OCC(=O)[C@@]12O[C@H](c3ccc(Oc4ccc(N)cc4)cc3)O[C@@H]1C[C@H]1[C@@H]3C[C@H](F)C4=CC(=O)C=C[C@]4(C)[C@@]3(F)[C@@H](O)C[C@@]12C.C[C@]12C=CC(=O)C=C1[C@@H](F)C[C@H]1[C@@H]3C[C@H]4O[C@@H](c5ccc(Oc6ccc(N)cc6)cc5)O[C@@]4(C(=O)CO)[C@@]3(C)C[C@H](O)[C@@]12F.c1c[nH]cn1. The van der Waals surface area contributed by atoms with Gasteiger partial charge >= 0.3 is 0 Å². The molecule has 10 aliphatic rings. The topological polar surface area (TPSA) is 274 Å². The Balaban J connectivity index is 0.000000174. The summed E-state index contributed by atoms with van der Waals surface area (Å²) in [6.07, 6.45) is 2.31. The summed E-state index contributed by atoms with van der Waals surface area (Å²) < 4.78 is 112. The summed E-state index contributed by atoms with van der Waals surface area (Å²) >= 11 is 6.15. The van der Waals surface area contributed by atoms with Gasteiger partial charge in [-0.3, -0.25) is 19.2 Å². The summed E-state index contributed by atoms with van der Waals surface area (Å²) in [4.78, 5) is 59.3. The molecule has 4 aromatic carbocycles. The van der Waals surface area contributed by atoms with Crippen molar-refractivity contribution >= 4 is 61.3 Å². The number of carbonyl (C=O) groups excluding carboxylic acids is 4. The van der Waals surface area contributed by atoms with Crippen LogP contribution >= 0.6 is 11.1 Å². The van der Waals surface area contributed by atoms with Gasteiger partial charge in [0.25, 0.3) is 0 Å². The molecule has 2 saturated heterocycles. The molecule has 108 heavy (non-hydrogen) atoms. The maximum absolute atomic E-state index is 17.9. The average Bonchev–Trinajstić information content (AvgIpc) is 1.43. The van der Waals surface area contributed by atoms with Crippen LogP contribution in [-0.4, -0.2) is 137 Å². The Morgan fingerprint density at radius 1 is 0.602 bits per heavy atom. The van der Waals surface area contributed by atoms with E-state index >= 15 is 17.6 Å². The fraction of sp³-hybridized carbons (Fsp3) is 0.530. The number of halogens is 5. The lowest BCUT2D eigenvalue weighted by Crippen LogP contribution is -2.71. The minimum absolute atomic E-state index is 0.0297. The van der Waals surface area contributed by atoms with E-state index in [-0.39, 0.29) is 67.1 Å². The van der Waals surface area contributed by atoms with Crippen LogP contribution in [0.25, 0.3) is 0 Å². The molecule has 0 radical (unpaired) electrons. The molecule has 1 aromatic heterocycles. The highest BCUT2D eigenvalue weighted by molar-refractivity contribution is 7.20. The third-order valence-corrected chi connectivity index (χ3v) is 36.6. The van der Waals surface area contributed by atoms with E-state index in [1.807, 2.05) is 19.1 Å². The number of nitrogens with two attached hydrogens (primary N) is 2. The molecule has 582 valence electrons. The number of Topliss-reactive ketones (excluding diaryl/α,β-unsaturated/α-hetero) is 2. The molecule has 25 heteroatoms. The highest BCUT2D eigenvalue weighted by Crippen LogP contribution is 2.75. The van der Waals surface area contributed by atoms with E-state index in [9.17, 15) is 34.5 Å². The minimum atomic E-state index is -2.39. The molecular formula is C83H103ClF4N4O14Si2. The van der Waals surface area contributed by atoms with Crippen LogP contribution in [-0.2, 0) is 42.6 Å². The number of nitrogens with one attached hydrogen (secondary N) is 1. The Kier molecular flexibility index (Phi) is 21.4. The van der Waals surface area contributed by atoms with Crippen molar-refractivity contribution in [2.45, 2.75) is 216 Å². The third-order valence-electron chi connectivity index (χ3n) is 26.8. The van der Waals surface area contributed by atoms with Gasteiger partial charge in [-0.1, -0.05) is 105 Å². The van der Waals surface area contributed by atoms with E-state index in [1.54, 1.807) is 117 Å². The van der Waals surface area contributed by atoms with Crippen molar-refractivity contribution in [3.8, 4) is 23.0 Å². The molecule has 6 saturated carbocycles. The molecule has 0 unspecified atom stereocenters. The van der Waals surface area contributed by atoms with Crippen molar-refractivity contribution in [2.75, 3.05) is 24.7 Å². The molecule has 15 rings (SSSR count). The van der Waals surface area contributed by atoms with Crippen molar-refractivity contribution in [2.24, 2.45) is 45.3 Å². The number of aliphatic hydroxyl groups is 3. The number of nitrogens with zero attached hydrogens (tertiary/aromatic N) is 1. The van der Waals surface area contributed by atoms with Crippen molar-refractivity contribution in [3.63, 3.8) is 0 Å². The van der Waals surface area contributed by atoms with Crippen LogP contribution in [0.5, 0.6) is 23.0 Å². The molecule has 2 aliphatic heterocycles. The van der Waals surface area contributed by atoms with Gasteiger partial charge in [0, 0.05) is 68.4 Å². The van der Waals surface area contributed by atoms with Gasteiger partial charge in [-0.25, -0.2) is 22.5 Å². The van der Waals surface area contributed by atoms with Crippen LogP contribution in [0.4, 0.5) is 28.9 Å². The van der Waals surface area contributed by atoms with E-state index in [4.69, 9.17) is 55.4 Å². The van der Waals surface area contributed by atoms with Crippen LogP contribution in [0.2, 0.25) is 36.3 Å². The fourth-order valence-corrected chi connectivity index (χ4v) is 19.8. The second kappa shape index (κ2) is 28.7. The molecule has 20 atom stereocenters. The largest absolute Gasteiger partial charge is 0.457 e. The number of carbonyl (C=O) groups is 4. The quantitative estimate of drug-likeness (QED) is 0.0293. The first-order chi connectivity index (χ1) is 50.4. The van der Waals surface area contributed by atoms with Crippen molar-refractivity contribution < 1.29 is 84.9 Å². The predicted octanol–water partition coefficient (Wildman–Crippen LogP) is 16.1. The summed E-state index contributed by atoms with van der Waals surface area (Å²) in [5, 5.41) is 33.9. The summed E-state index contributed by atoms with van der Waals surface area (Å²) in [5.74, 6) is -2.59. The van der Waals surface area contributed by atoms with E-state index in [2.05, 4.69) is 77.7 Å². The number of hydrogen-bond acceptors (Lipinski definition) is 17. The lowest BCUT2D eigenvalue weighted by molar-refractivity contribution is -0.235. The zero-order valence-corrected chi connectivity index (χ0v) is 66.6. The van der Waals surface area contributed by atoms with Crippen LogP contribution in [0.3, 0.4) is 0 Å². The normalized spacial score (nSPS) is 36.9. The number of ketones is 4. The lowest BCUT2D eigenvalue weighted by Gasteiger charge is -2.63. The van der Waals surface area contributed by atoms with Crippen molar-refractivity contribution in [1.82, 2.24) is 9.97 Å². The number of fused-ring (bicyclic) bond motifs is 14. The number of benzene rings is 4. The third kappa shape index (κ3) is 13.3. The maximum atomic E-state index is 17.9. The Labute approximate surface area is 636 Å². The van der Waals surface area contributed by atoms with Gasteiger partial charge in [-0.15, -0.1) is 0 Å². The first-order valence-electron chi connectivity index (χ1n) is 37.2. The molecular weight excluding hydrogens is 1440 g/mol. The summed E-state index contributed by atoms with van der Waals surface area (Å²) in [7, 11) is -3.78. The van der Waals surface area contributed by atoms with Crippen LogP contribution in [0.15, 0.2) is 163 Å². The van der Waals surface area contributed by atoms with Gasteiger partial charge in [0.1, 0.15) is 41.9 Å². The Hall–Kier alpha value is -6.95. The van der Waals surface area contributed by atoms with Gasteiger partial charge < -0.3 is 64.6 Å².